The molecule has 10 nitrogen and oxygen atoms in total. The number of aliphatic hydroxyl groups is 2. The molecular weight excluding hydrogens is 593 g/mol. The number of hydrogen-bond acceptors (Lipinski definition) is 10. The molecule has 2 N–H and O–H groups in total. The summed E-state index contributed by atoms with van der Waals surface area (Å²) < 4.78 is 0. The van der Waals surface area contributed by atoms with Gasteiger partial charge >= 0.3 is 46.1 Å². The average molecular weight is 645 g/mol. The van der Waals surface area contributed by atoms with Gasteiger partial charge in [0.25, 0.3) is 0 Å². The topological polar surface area (TPSA) is 201 Å². The molecule has 0 rings (SSSR count). The van der Waals surface area contributed by atoms with Gasteiger partial charge in [0.1, 0.15) is 0 Å². The number of unbranched alkanes of at least 4 members (excludes halogenated alkanes) is 18. The van der Waals surface area contributed by atoms with Crippen molar-refractivity contribution in [1.29, 1.82) is 0 Å². The fraction of sp³-hybridized carbons (Fsp3) is 0.750. The number of carboxylic acids is 4. The second-order valence-corrected chi connectivity index (χ2v) is 10.6. The van der Waals surface area contributed by atoms with Crippen molar-refractivity contribution in [3.05, 3.63) is 23.3 Å². The largest absolute Gasteiger partial charge is 2.00 e. The van der Waals surface area contributed by atoms with Crippen molar-refractivity contribution < 1.29 is 49.8 Å². The molecule has 0 aliphatic carbocycles. The minimum absolute atomic E-state index is 0. The Balaban J connectivity index is -0.000000348. The number of rotatable bonds is 28. The van der Waals surface area contributed by atoms with Crippen LogP contribution in [0.25, 0.3) is 0 Å². The Morgan fingerprint density at radius 2 is 0.591 bits per heavy atom. The van der Waals surface area contributed by atoms with E-state index in [1.165, 1.54) is 51.4 Å². The van der Waals surface area contributed by atoms with E-state index in [2.05, 4.69) is 0 Å². The summed E-state index contributed by atoms with van der Waals surface area (Å²) in [5.41, 5.74) is -0.391. The first-order chi connectivity index (χ1) is 20.1. The fourth-order valence-electron chi connectivity index (χ4n) is 4.43. The molecule has 0 spiro atoms. The third kappa shape index (κ3) is 38.8. The number of carboxylic acid groups (broad SMARTS) is 4. The zero-order valence-corrected chi connectivity index (χ0v) is 29.5. The molecule has 0 aromatic carbocycles. The van der Waals surface area contributed by atoms with E-state index in [4.69, 9.17) is 10.2 Å². The van der Waals surface area contributed by atoms with Crippen LogP contribution >= 0.6 is 0 Å². The van der Waals surface area contributed by atoms with Crippen molar-refractivity contribution in [2.75, 3.05) is 13.2 Å². The Hall–Kier alpha value is -1.19. The molecule has 0 saturated carbocycles. The van der Waals surface area contributed by atoms with E-state index in [0.717, 1.165) is 64.2 Å². The van der Waals surface area contributed by atoms with Gasteiger partial charge in [0.2, 0.25) is 0 Å². The minimum Gasteiger partial charge on any atom is -0.545 e. The predicted octanol–water partition coefficient (Wildman–Crippen LogP) is 0.630. The Morgan fingerprint density at radius 3 is 0.773 bits per heavy atom. The number of aliphatic hydroxyl groups excluding tert-OH is 2. The smallest absolute Gasteiger partial charge is 0.545 e. The second-order valence-electron chi connectivity index (χ2n) is 10.6. The maximum atomic E-state index is 10.7. The molecular formula is C32H52Mg2O10. The standard InChI is InChI=1S/2C16H28O5.2Mg/c2*17-12-10-8-6-4-2-1-3-5-7-9-11-14(16(20)21)13-15(18)19;;/h2*13,17H,1-12H2,(H,18,19)(H,20,21);;/q;;2*+2/p-4/b2*14-13-;;. The summed E-state index contributed by atoms with van der Waals surface area (Å²) in [4.78, 5) is 42.0. The van der Waals surface area contributed by atoms with Gasteiger partial charge in [-0.25, -0.2) is 0 Å². The van der Waals surface area contributed by atoms with Gasteiger partial charge in [-0.3, -0.25) is 0 Å². The van der Waals surface area contributed by atoms with Gasteiger partial charge in [0, 0.05) is 13.2 Å². The van der Waals surface area contributed by atoms with Gasteiger partial charge in [0.15, 0.2) is 0 Å². The first-order valence-electron chi connectivity index (χ1n) is 15.6. The SMILES string of the molecule is O=C([O-])/C=C(/CCCCCCCCCCCCO)C(=O)[O-].O=C([O-])/C=C(/CCCCCCCCCCCCO)C(=O)[O-].[Mg+2].[Mg+2]. The van der Waals surface area contributed by atoms with Crippen LogP contribution in [-0.4, -0.2) is 93.4 Å². The summed E-state index contributed by atoms with van der Waals surface area (Å²) >= 11 is 0. The van der Waals surface area contributed by atoms with Gasteiger partial charge in [-0.1, -0.05) is 103 Å². The quantitative estimate of drug-likeness (QED) is 0.0691. The Bertz CT molecular complexity index is 721. The first kappa shape index (κ1) is 49.7. The van der Waals surface area contributed by atoms with Crippen LogP contribution in [-0.2, 0) is 19.2 Å². The van der Waals surface area contributed by atoms with E-state index in [0.29, 0.717) is 25.0 Å². The number of hydrogen-bond donors (Lipinski definition) is 2. The van der Waals surface area contributed by atoms with Crippen LogP contribution in [0.5, 0.6) is 0 Å². The van der Waals surface area contributed by atoms with E-state index in [1.54, 1.807) is 0 Å². The van der Waals surface area contributed by atoms with E-state index in [9.17, 15) is 39.6 Å². The molecule has 244 valence electrons. The van der Waals surface area contributed by atoms with E-state index in [-0.39, 0.29) is 83.3 Å². The number of aliphatic carboxylic acids is 4. The number of carbonyl (C=O) groups excluding carboxylic acids is 4. The Kier molecular flexibility index (Phi) is 42.9. The van der Waals surface area contributed by atoms with Gasteiger partial charge in [-0.05, 0) is 61.8 Å². The molecule has 0 heterocycles. The first-order valence-corrected chi connectivity index (χ1v) is 15.6. The molecule has 0 aliphatic rings. The Labute approximate surface area is 296 Å². The van der Waals surface area contributed by atoms with Crippen molar-refractivity contribution in [1.82, 2.24) is 0 Å². The van der Waals surface area contributed by atoms with Crippen molar-refractivity contribution in [3.8, 4) is 0 Å². The molecule has 0 aliphatic heterocycles. The van der Waals surface area contributed by atoms with E-state index < -0.39 is 23.9 Å². The summed E-state index contributed by atoms with van der Waals surface area (Å²) in [6.07, 6.45) is 22.5. The van der Waals surface area contributed by atoms with Crippen LogP contribution in [0.3, 0.4) is 0 Å². The van der Waals surface area contributed by atoms with Gasteiger partial charge in [-0.2, -0.15) is 0 Å². The summed E-state index contributed by atoms with van der Waals surface area (Å²) in [5.74, 6) is -5.84. The Morgan fingerprint density at radius 1 is 0.386 bits per heavy atom. The van der Waals surface area contributed by atoms with E-state index in [1.807, 2.05) is 0 Å². The van der Waals surface area contributed by atoms with Crippen LogP contribution < -0.4 is 20.4 Å². The maximum absolute atomic E-state index is 10.7. The molecule has 12 heteroatoms. The van der Waals surface area contributed by atoms with Crippen molar-refractivity contribution >= 4 is 70.0 Å². The normalized spacial score (nSPS) is 11.0. The van der Waals surface area contributed by atoms with Crippen LogP contribution in [0.4, 0.5) is 0 Å². The molecule has 0 amide bonds. The zero-order valence-electron chi connectivity index (χ0n) is 26.7. The molecule has 0 aromatic rings. The molecule has 0 unspecified atom stereocenters. The van der Waals surface area contributed by atoms with Gasteiger partial charge in [-0.15, -0.1) is 0 Å². The predicted molar refractivity (Wildman–Crippen MR) is 163 cm³/mol. The minimum atomic E-state index is -1.49. The maximum Gasteiger partial charge on any atom is 2.00 e. The molecule has 0 bridgehead atoms. The monoisotopic (exact) mass is 644 g/mol. The summed E-state index contributed by atoms with van der Waals surface area (Å²) in [6, 6.07) is 0. The third-order valence-corrected chi connectivity index (χ3v) is 6.82. The molecule has 0 radical (unpaired) electrons. The molecule has 0 saturated heterocycles. The van der Waals surface area contributed by atoms with Crippen LogP contribution in [0, 0.1) is 0 Å². The van der Waals surface area contributed by atoms with Crippen molar-refractivity contribution in [3.63, 3.8) is 0 Å². The fourth-order valence-corrected chi connectivity index (χ4v) is 4.43. The molecule has 44 heavy (non-hydrogen) atoms. The van der Waals surface area contributed by atoms with Crippen molar-refractivity contribution in [2.24, 2.45) is 0 Å². The van der Waals surface area contributed by atoms with Crippen molar-refractivity contribution in [2.45, 2.75) is 141 Å². The van der Waals surface area contributed by atoms with Gasteiger partial charge in [0.05, 0.1) is 23.9 Å². The summed E-state index contributed by atoms with van der Waals surface area (Å²) in [6.45, 7) is 0.556. The molecule has 0 atom stereocenters. The molecule has 0 aromatic heterocycles. The van der Waals surface area contributed by atoms with Crippen LogP contribution in [0.2, 0.25) is 0 Å². The van der Waals surface area contributed by atoms with Crippen LogP contribution in [0.1, 0.15) is 141 Å². The zero-order chi connectivity index (χ0) is 31.8. The summed E-state index contributed by atoms with van der Waals surface area (Å²) in [7, 11) is 0. The third-order valence-electron chi connectivity index (χ3n) is 6.82. The molecule has 0 fully saturated rings. The number of carbonyl (C=O) groups is 4. The summed E-state index contributed by atoms with van der Waals surface area (Å²) in [5, 5.41) is 59.2. The van der Waals surface area contributed by atoms with Crippen LogP contribution in [0.15, 0.2) is 23.3 Å². The average Bonchev–Trinajstić information content (AvgIpc) is 2.93. The van der Waals surface area contributed by atoms with Gasteiger partial charge < -0.3 is 49.8 Å². The second kappa shape index (κ2) is 38.0. The van der Waals surface area contributed by atoms with E-state index >= 15 is 0 Å².